The normalized spacial score (nSPS) is 12.3. The van der Waals surface area contributed by atoms with Gasteiger partial charge in [-0.3, -0.25) is 10.1 Å². The van der Waals surface area contributed by atoms with Gasteiger partial charge in [0.15, 0.2) is 12.2 Å². The summed E-state index contributed by atoms with van der Waals surface area (Å²) in [4.78, 5) is 25.7. The number of ether oxygens (including phenoxy) is 2. The van der Waals surface area contributed by atoms with Gasteiger partial charge >= 0.3 is 6.09 Å². The number of phenolic OH excluding ortho intramolecular Hbond substituents is 1. The first-order valence-corrected chi connectivity index (χ1v) is 12.3. The molecule has 0 bridgehead atoms. The van der Waals surface area contributed by atoms with E-state index in [2.05, 4.69) is 10.6 Å². The standard InChI is InChI=1S/C31H29N3O5/c1-21-11-15-23(16-12-21)33-31(37)39-30(22-13-17-24(35)18-14-22)28(38-25-7-3-2-4-8-25)19-20-29(36)34-27-10-6-5-9-26(27)32/h2-20,28,30,35H,32H2,1H3,(H,33,37)(H,34,36)/b20-19+/t28-,30-/m0/s1. The Labute approximate surface area is 226 Å². The van der Waals surface area contributed by atoms with E-state index in [1.54, 1.807) is 60.7 Å². The van der Waals surface area contributed by atoms with Crippen molar-refractivity contribution >= 4 is 29.1 Å². The van der Waals surface area contributed by atoms with E-state index in [1.165, 1.54) is 24.3 Å². The quantitative estimate of drug-likeness (QED) is 0.153. The van der Waals surface area contributed by atoms with Crippen molar-refractivity contribution < 1.29 is 24.2 Å². The van der Waals surface area contributed by atoms with E-state index in [0.717, 1.165) is 5.56 Å². The molecular formula is C31H29N3O5. The van der Waals surface area contributed by atoms with Crippen LogP contribution in [0.2, 0.25) is 0 Å². The second-order valence-corrected chi connectivity index (χ2v) is 8.74. The molecule has 0 aliphatic rings. The number of phenols is 1. The van der Waals surface area contributed by atoms with Crippen LogP contribution >= 0.6 is 0 Å². The van der Waals surface area contributed by atoms with Gasteiger partial charge in [-0.15, -0.1) is 0 Å². The molecule has 5 N–H and O–H groups in total. The lowest BCUT2D eigenvalue weighted by atomic mass is 10.0. The average molecular weight is 524 g/mol. The Kier molecular flexibility index (Phi) is 8.82. The lowest BCUT2D eigenvalue weighted by Crippen LogP contribution is -2.30. The van der Waals surface area contributed by atoms with Gasteiger partial charge in [0.1, 0.15) is 11.5 Å². The van der Waals surface area contributed by atoms with Crippen LogP contribution in [0.15, 0.2) is 115 Å². The van der Waals surface area contributed by atoms with Gasteiger partial charge in [-0.2, -0.15) is 0 Å². The van der Waals surface area contributed by atoms with Crippen molar-refractivity contribution in [1.82, 2.24) is 0 Å². The van der Waals surface area contributed by atoms with Gasteiger partial charge in [-0.25, -0.2) is 4.79 Å². The summed E-state index contributed by atoms with van der Waals surface area (Å²) >= 11 is 0. The molecule has 0 aliphatic carbocycles. The number of para-hydroxylation sites is 3. The lowest BCUT2D eigenvalue weighted by Gasteiger charge is -2.26. The van der Waals surface area contributed by atoms with Gasteiger partial charge in [-0.1, -0.05) is 60.2 Å². The second kappa shape index (κ2) is 12.8. The maximum absolute atomic E-state index is 13.0. The smallest absolute Gasteiger partial charge is 0.412 e. The fourth-order valence-corrected chi connectivity index (χ4v) is 3.71. The Hall–Kier alpha value is -5.24. The number of benzene rings is 4. The molecule has 0 aliphatic heterocycles. The summed E-state index contributed by atoms with van der Waals surface area (Å²) in [6.45, 7) is 1.95. The number of rotatable bonds is 9. The summed E-state index contributed by atoms with van der Waals surface area (Å²) in [6.07, 6.45) is 0.197. The number of hydrogen-bond donors (Lipinski definition) is 4. The third-order valence-corrected chi connectivity index (χ3v) is 5.72. The van der Waals surface area contributed by atoms with Crippen molar-refractivity contribution in [2.75, 3.05) is 16.4 Å². The molecule has 39 heavy (non-hydrogen) atoms. The molecule has 0 fully saturated rings. The molecular weight excluding hydrogens is 494 g/mol. The van der Waals surface area contributed by atoms with E-state index < -0.39 is 24.2 Å². The van der Waals surface area contributed by atoms with E-state index in [9.17, 15) is 14.7 Å². The number of anilines is 3. The van der Waals surface area contributed by atoms with Crippen LogP contribution in [0.1, 0.15) is 17.2 Å². The third kappa shape index (κ3) is 7.87. The van der Waals surface area contributed by atoms with Crippen LogP contribution in [0.25, 0.3) is 0 Å². The number of nitrogens with one attached hydrogen (secondary N) is 2. The number of amides is 2. The van der Waals surface area contributed by atoms with Gasteiger partial charge < -0.3 is 25.6 Å². The third-order valence-electron chi connectivity index (χ3n) is 5.72. The molecule has 0 spiro atoms. The molecule has 0 radical (unpaired) electrons. The fourth-order valence-electron chi connectivity index (χ4n) is 3.71. The Morgan fingerprint density at radius 2 is 1.51 bits per heavy atom. The van der Waals surface area contributed by atoms with Crippen molar-refractivity contribution in [2.45, 2.75) is 19.1 Å². The monoisotopic (exact) mass is 523 g/mol. The van der Waals surface area contributed by atoms with E-state index in [-0.39, 0.29) is 5.75 Å². The molecule has 198 valence electrons. The molecule has 0 unspecified atom stereocenters. The summed E-state index contributed by atoms with van der Waals surface area (Å²) in [7, 11) is 0. The van der Waals surface area contributed by atoms with Crippen LogP contribution in [-0.2, 0) is 9.53 Å². The minimum Gasteiger partial charge on any atom is -0.508 e. The number of nitrogens with two attached hydrogens (primary N) is 1. The van der Waals surface area contributed by atoms with Crippen LogP contribution in [0.4, 0.5) is 21.9 Å². The first-order chi connectivity index (χ1) is 18.9. The van der Waals surface area contributed by atoms with Crippen molar-refractivity contribution in [2.24, 2.45) is 0 Å². The van der Waals surface area contributed by atoms with Crippen LogP contribution < -0.4 is 21.1 Å². The predicted molar refractivity (Wildman–Crippen MR) is 152 cm³/mol. The summed E-state index contributed by atoms with van der Waals surface area (Å²) < 4.78 is 12.0. The van der Waals surface area contributed by atoms with Crippen LogP contribution in [0, 0.1) is 6.92 Å². The van der Waals surface area contributed by atoms with E-state index in [1.807, 2.05) is 37.3 Å². The van der Waals surface area contributed by atoms with E-state index in [4.69, 9.17) is 15.2 Å². The van der Waals surface area contributed by atoms with Gasteiger partial charge in [0.05, 0.1) is 11.4 Å². The Balaban J connectivity index is 1.62. The highest BCUT2D eigenvalue weighted by molar-refractivity contribution is 6.01. The van der Waals surface area contributed by atoms with Gasteiger partial charge in [0, 0.05) is 11.8 Å². The van der Waals surface area contributed by atoms with Gasteiger partial charge in [0.25, 0.3) is 0 Å². The molecule has 0 heterocycles. The zero-order chi connectivity index (χ0) is 27.6. The number of aromatic hydroxyl groups is 1. The molecule has 8 heteroatoms. The van der Waals surface area contributed by atoms with Crippen molar-refractivity contribution in [3.63, 3.8) is 0 Å². The summed E-state index contributed by atoms with van der Waals surface area (Å²) in [5, 5.41) is 15.3. The molecule has 4 aromatic rings. The molecule has 8 nitrogen and oxygen atoms in total. The summed E-state index contributed by atoms with van der Waals surface area (Å²) in [5.41, 5.74) is 8.99. The van der Waals surface area contributed by atoms with Crippen molar-refractivity contribution in [1.29, 1.82) is 0 Å². The number of carbonyl (C=O) groups excluding carboxylic acids is 2. The maximum atomic E-state index is 13.0. The number of carbonyl (C=O) groups is 2. The Bertz CT molecular complexity index is 1420. The van der Waals surface area contributed by atoms with E-state index in [0.29, 0.717) is 28.4 Å². The van der Waals surface area contributed by atoms with Crippen molar-refractivity contribution in [3.8, 4) is 11.5 Å². The highest BCUT2D eigenvalue weighted by Gasteiger charge is 2.28. The maximum Gasteiger partial charge on any atom is 0.412 e. The highest BCUT2D eigenvalue weighted by atomic mass is 16.6. The average Bonchev–Trinajstić information content (AvgIpc) is 2.93. The second-order valence-electron chi connectivity index (χ2n) is 8.74. The van der Waals surface area contributed by atoms with Crippen molar-refractivity contribution in [3.05, 3.63) is 126 Å². The zero-order valence-corrected chi connectivity index (χ0v) is 21.3. The minimum atomic E-state index is -0.984. The zero-order valence-electron chi connectivity index (χ0n) is 21.3. The Morgan fingerprint density at radius 1 is 0.846 bits per heavy atom. The first kappa shape index (κ1) is 26.8. The molecule has 4 rings (SSSR count). The van der Waals surface area contributed by atoms with E-state index >= 15 is 0 Å². The van der Waals surface area contributed by atoms with Crippen LogP contribution in [0.5, 0.6) is 11.5 Å². The number of hydrogen-bond acceptors (Lipinski definition) is 6. The number of aryl methyl sites for hydroxylation is 1. The highest BCUT2D eigenvalue weighted by Crippen LogP contribution is 2.29. The molecule has 4 aromatic carbocycles. The lowest BCUT2D eigenvalue weighted by molar-refractivity contribution is -0.112. The molecule has 2 amide bonds. The summed E-state index contributed by atoms with van der Waals surface area (Å²) in [6, 6.07) is 29.4. The number of nitrogen functional groups attached to an aromatic ring is 1. The molecule has 0 saturated carbocycles. The van der Waals surface area contributed by atoms with Gasteiger partial charge in [0.2, 0.25) is 5.91 Å². The minimum absolute atomic E-state index is 0.0532. The van der Waals surface area contributed by atoms with Gasteiger partial charge in [-0.05, 0) is 67.1 Å². The SMILES string of the molecule is Cc1ccc(NC(=O)O[C@@H](c2ccc(O)cc2)[C@H](/C=C/C(=O)Nc2ccccc2N)Oc2ccccc2)cc1. The molecule has 0 aromatic heterocycles. The molecule has 0 saturated heterocycles. The van der Waals surface area contributed by atoms with Crippen LogP contribution in [0.3, 0.4) is 0 Å². The predicted octanol–water partition coefficient (Wildman–Crippen LogP) is 6.22. The first-order valence-electron chi connectivity index (χ1n) is 12.3. The largest absolute Gasteiger partial charge is 0.508 e. The molecule has 2 atom stereocenters. The van der Waals surface area contributed by atoms with Crippen LogP contribution in [-0.4, -0.2) is 23.2 Å². The topological polar surface area (TPSA) is 123 Å². The Morgan fingerprint density at radius 3 is 2.21 bits per heavy atom. The summed E-state index contributed by atoms with van der Waals surface area (Å²) in [5.74, 6) is 0.117. The fraction of sp³-hybridized carbons (Fsp3) is 0.0968.